The minimum absolute atomic E-state index is 0.193. The molecule has 1 aliphatic heterocycles. The van der Waals surface area contributed by atoms with Crippen molar-refractivity contribution >= 4 is 28.8 Å². The molecule has 5 rings (SSSR count). The molecule has 6 nitrogen and oxygen atoms in total. The predicted octanol–water partition coefficient (Wildman–Crippen LogP) is 4.09. The number of nitrogens with one attached hydrogen (secondary N) is 1. The molecule has 0 radical (unpaired) electrons. The summed E-state index contributed by atoms with van der Waals surface area (Å²) in [5.41, 5.74) is 3.94. The van der Waals surface area contributed by atoms with Crippen LogP contribution in [0.3, 0.4) is 0 Å². The van der Waals surface area contributed by atoms with E-state index in [-0.39, 0.29) is 11.8 Å². The first-order valence-electron chi connectivity index (χ1n) is 9.43. The Morgan fingerprint density at radius 3 is 2.71 bits per heavy atom. The van der Waals surface area contributed by atoms with Gasteiger partial charge in [0.05, 0.1) is 0 Å². The monoisotopic (exact) mass is 391 g/mol. The predicted molar refractivity (Wildman–Crippen MR) is 112 cm³/mol. The number of carbonyl (C=O) groups excluding carboxylic acids is 1. The Kier molecular flexibility index (Phi) is 4.05. The molecule has 0 saturated heterocycles. The van der Waals surface area contributed by atoms with Crippen LogP contribution in [0.25, 0.3) is 11.4 Å². The smallest absolute Gasteiger partial charge is 0.226 e. The summed E-state index contributed by atoms with van der Waals surface area (Å²) in [4.78, 5) is 20.7. The molecular weight excluding hydrogens is 370 g/mol. The Balaban J connectivity index is 1.60. The Bertz CT molecular complexity index is 1060. The van der Waals surface area contributed by atoms with E-state index in [9.17, 15) is 4.79 Å². The highest BCUT2D eigenvalue weighted by atomic mass is 32.1. The van der Waals surface area contributed by atoms with Crippen LogP contribution in [0.1, 0.15) is 30.2 Å². The quantitative estimate of drug-likeness (QED) is 0.728. The number of anilines is 2. The summed E-state index contributed by atoms with van der Waals surface area (Å²) < 4.78 is 1.88. The zero-order chi connectivity index (χ0) is 19.3. The van der Waals surface area contributed by atoms with Gasteiger partial charge in [-0.2, -0.15) is 4.98 Å². The van der Waals surface area contributed by atoms with Crippen LogP contribution in [0, 0.1) is 0 Å². The number of benzene rings is 1. The first-order valence-corrected chi connectivity index (χ1v) is 10.3. The highest BCUT2D eigenvalue weighted by Gasteiger charge is 2.37. The van der Waals surface area contributed by atoms with Gasteiger partial charge >= 0.3 is 0 Å². The number of thiophene rings is 1. The van der Waals surface area contributed by atoms with Crippen molar-refractivity contribution in [3.8, 4) is 11.4 Å². The molecule has 0 fully saturated rings. The third-order valence-electron chi connectivity index (χ3n) is 5.32. The van der Waals surface area contributed by atoms with Gasteiger partial charge in [0.15, 0.2) is 11.6 Å². The maximum absolute atomic E-state index is 12.8. The second-order valence-electron chi connectivity index (χ2n) is 7.36. The number of allylic oxidation sites excluding steroid dienone is 2. The molecule has 1 N–H and O–H groups in total. The van der Waals surface area contributed by atoms with Crippen LogP contribution in [-0.2, 0) is 4.79 Å². The molecule has 0 amide bonds. The van der Waals surface area contributed by atoms with Crippen molar-refractivity contribution in [1.29, 1.82) is 0 Å². The molecular formula is C21H21N5OS. The molecule has 1 unspecified atom stereocenters. The van der Waals surface area contributed by atoms with Gasteiger partial charge in [-0.1, -0.05) is 6.07 Å². The lowest BCUT2D eigenvalue weighted by atomic mass is 9.88. The van der Waals surface area contributed by atoms with Gasteiger partial charge in [0.25, 0.3) is 0 Å². The number of nitrogens with zero attached hydrogens (tertiary/aromatic N) is 4. The first-order chi connectivity index (χ1) is 13.6. The van der Waals surface area contributed by atoms with Crippen molar-refractivity contribution in [2.24, 2.45) is 0 Å². The number of Topliss-reactive ketones (excluding diaryl/α,β-unsaturated/α-hetero) is 1. The highest BCUT2D eigenvalue weighted by molar-refractivity contribution is 7.10. The van der Waals surface area contributed by atoms with E-state index in [1.165, 1.54) is 0 Å². The van der Waals surface area contributed by atoms with Gasteiger partial charge in [0, 0.05) is 47.9 Å². The van der Waals surface area contributed by atoms with Crippen LogP contribution in [-0.4, -0.2) is 34.6 Å². The van der Waals surface area contributed by atoms with Crippen LogP contribution >= 0.6 is 11.3 Å². The van der Waals surface area contributed by atoms with Gasteiger partial charge in [-0.05, 0) is 48.6 Å². The molecule has 142 valence electrons. The summed E-state index contributed by atoms with van der Waals surface area (Å²) in [6, 6.07) is 12.1. The molecule has 1 aromatic carbocycles. The van der Waals surface area contributed by atoms with Crippen molar-refractivity contribution < 1.29 is 4.79 Å². The maximum Gasteiger partial charge on any atom is 0.226 e. The Labute approximate surface area is 167 Å². The lowest BCUT2D eigenvalue weighted by molar-refractivity contribution is -0.116. The summed E-state index contributed by atoms with van der Waals surface area (Å²) in [7, 11) is 4.04. The van der Waals surface area contributed by atoms with E-state index in [2.05, 4.69) is 28.4 Å². The number of hydrogen-bond acceptors (Lipinski definition) is 6. The van der Waals surface area contributed by atoms with E-state index < -0.39 is 0 Å². The van der Waals surface area contributed by atoms with E-state index in [1.54, 1.807) is 11.3 Å². The molecule has 3 heterocycles. The molecule has 3 aromatic rings. The Hall–Kier alpha value is -2.93. The second kappa shape index (κ2) is 6.60. The topological polar surface area (TPSA) is 63.1 Å². The molecule has 7 heteroatoms. The van der Waals surface area contributed by atoms with Crippen molar-refractivity contribution in [1.82, 2.24) is 14.8 Å². The maximum atomic E-state index is 12.8. The summed E-state index contributed by atoms with van der Waals surface area (Å²) in [6.45, 7) is 0. The van der Waals surface area contributed by atoms with Crippen LogP contribution in [0.2, 0.25) is 0 Å². The second-order valence-corrected chi connectivity index (χ2v) is 8.34. The Morgan fingerprint density at radius 1 is 1.18 bits per heavy atom. The minimum atomic E-state index is -0.193. The third kappa shape index (κ3) is 2.74. The number of ketones is 1. The van der Waals surface area contributed by atoms with Crippen LogP contribution in [0.15, 0.2) is 53.0 Å². The lowest BCUT2D eigenvalue weighted by Crippen LogP contribution is -2.31. The van der Waals surface area contributed by atoms with Crippen molar-refractivity contribution in [3.63, 3.8) is 0 Å². The van der Waals surface area contributed by atoms with Crippen molar-refractivity contribution in [2.45, 2.75) is 25.3 Å². The molecule has 2 aliphatic rings. The molecule has 1 atom stereocenters. The average molecular weight is 392 g/mol. The van der Waals surface area contributed by atoms with Crippen molar-refractivity contribution in [2.75, 3.05) is 24.3 Å². The average Bonchev–Trinajstić information content (AvgIpc) is 3.36. The number of aromatic nitrogens is 3. The fraction of sp³-hybridized carbons (Fsp3) is 0.286. The van der Waals surface area contributed by atoms with E-state index in [4.69, 9.17) is 10.1 Å². The highest BCUT2D eigenvalue weighted by Crippen LogP contribution is 2.41. The Morgan fingerprint density at radius 2 is 2.00 bits per heavy atom. The minimum Gasteiger partial charge on any atom is -0.378 e. The number of rotatable bonds is 3. The summed E-state index contributed by atoms with van der Waals surface area (Å²) in [6.07, 6.45) is 2.36. The fourth-order valence-electron chi connectivity index (χ4n) is 3.90. The van der Waals surface area contributed by atoms with Crippen LogP contribution in [0.5, 0.6) is 0 Å². The van der Waals surface area contributed by atoms with Gasteiger partial charge in [-0.3, -0.25) is 4.79 Å². The molecule has 28 heavy (non-hydrogen) atoms. The van der Waals surface area contributed by atoms with E-state index in [1.807, 2.05) is 42.4 Å². The van der Waals surface area contributed by atoms with Gasteiger partial charge in [0.2, 0.25) is 5.95 Å². The zero-order valence-corrected chi connectivity index (χ0v) is 16.7. The van der Waals surface area contributed by atoms with Gasteiger partial charge in [-0.15, -0.1) is 16.4 Å². The standard InChI is InChI=1S/C21H21N5OS/c1-25(2)14-10-8-13(9-11-14)20-23-21-22-15-5-3-6-16(27)18(15)19(26(21)24-20)17-7-4-12-28-17/h4,7-12,19H,3,5-6H2,1-2H3,(H,22,23,24). The fourth-order valence-corrected chi connectivity index (χ4v) is 4.72. The van der Waals surface area contributed by atoms with E-state index >= 15 is 0 Å². The molecule has 0 spiro atoms. The summed E-state index contributed by atoms with van der Waals surface area (Å²) in [5.74, 6) is 1.59. The summed E-state index contributed by atoms with van der Waals surface area (Å²) in [5, 5.41) is 10.2. The van der Waals surface area contributed by atoms with E-state index in [0.717, 1.165) is 40.2 Å². The normalized spacial score (nSPS) is 18.5. The molecule has 0 bridgehead atoms. The van der Waals surface area contributed by atoms with Gasteiger partial charge < -0.3 is 10.2 Å². The number of fused-ring (bicyclic) bond motifs is 1. The van der Waals surface area contributed by atoms with Gasteiger partial charge in [-0.25, -0.2) is 4.68 Å². The molecule has 1 aliphatic carbocycles. The first kappa shape index (κ1) is 17.2. The third-order valence-corrected chi connectivity index (χ3v) is 6.25. The van der Waals surface area contributed by atoms with Crippen molar-refractivity contribution in [3.05, 3.63) is 57.9 Å². The molecule has 2 aromatic heterocycles. The SMILES string of the molecule is CN(C)c1ccc(-c2nc3n(n2)C(c2cccs2)C2=C(CCCC2=O)N3)cc1. The van der Waals surface area contributed by atoms with Gasteiger partial charge in [0.1, 0.15) is 6.04 Å². The lowest BCUT2D eigenvalue weighted by Gasteiger charge is -2.31. The number of carbonyl (C=O) groups is 1. The number of hydrogen-bond donors (Lipinski definition) is 1. The van der Waals surface area contributed by atoms with E-state index in [0.29, 0.717) is 18.2 Å². The molecule has 0 saturated carbocycles. The zero-order valence-electron chi connectivity index (χ0n) is 15.8. The largest absolute Gasteiger partial charge is 0.378 e. The van der Waals surface area contributed by atoms with Crippen LogP contribution < -0.4 is 10.2 Å². The summed E-state index contributed by atoms with van der Waals surface area (Å²) >= 11 is 1.65. The van der Waals surface area contributed by atoms with Crippen LogP contribution in [0.4, 0.5) is 11.6 Å².